The summed E-state index contributed by atoms with van der Waals surface area (Å²) in [6, 6.07) is 0. The Hall–Kier alpha value is -3.57. The molecule has 0 amide bonds. The second-order valence-electron chi connectivity index (χ2n) is 10.7. The topological polar surface area (TPSA) is 321 Å². The number of nitrogen functional groups attached to an aromatic ring is 1. The van der Waals surface area contributed by atoms with Crippen molar-refractivity contribution in [1.82, 2.24) is 39.0 Å². The Kier molecular flexibility index (Phi) is 7.86. The maximum absolute atomic E-state index is 13.2. The van der Waals surface area contributed by atoms with Gasteiger partial charge in [-0.05, 0) is 0 Å². The van der Waals surface area contributed by atoms with Gasteiger partial charge in [0.15, 0.2) is 35.1 Å². The van der Waals surface area contributed by atoms with E-state index < -0.39 is 89.3 Å². The van der Waals surface area contributed by atoms with Gasteiger partial charge in [0.2, 0.25) is 5.95 Å². The molecular formula is C22H25N9O14P2. The number of aromatic amines is 1. The van der Waals surface area contributed by atoms with E-state index in [9.17, 15) is 38.7 Å². The first kappa shape index (κ1) is 32.0. The van der Waals surface area contributed by atoms with Gasteiger partial charge in [0.25, 0.3) is 5.56 Å². The number of nitrogens with zero attached hydrogens (tertiary/aromatic N) is 7. The van der Waals surface area contributed by atoms with Crippen molar-refractivity contribution in [2.75, 3.05) is 18.9 Å². The average molecular weight is 701 g/mol. The smallest absolute Gasteiger partial charge is 0.387 e. The normalized spacial score (nSPS) is 36.5. The summed E-state index contributed by atoms with van der Waals surface area (Å²) in [7, 11) is -10.2. The van der Waals surface area contributed by atoms with Crippen LogP contribution in [0.1, 0.15) is 29.9 Å². The summed E-state index contributed by atoms with van der Waals surface area (Å²) >= 11 is 0. The lowest BCUT2D eigenvalue weighted by Gasteiger charge is -2.25. The molecule has 23 nitrogen and oxygen atoms in total. The molecule has 3 aliphatic heterocycles. The van der Waals surface area contributed by atoms with Gasteiger partial charge in [-0.3, -0.25) is 41.8 Å². The first-order valence-corrected chi connectivity index (χ1v) is 16.6. The van der Waals surface area contributed by atoms with E-state index in [2.05, 4.69) is 29.9 Å². The van der Waals surface area contributed by atoms with Crippen LogP contribution in [0.15, 0.2) is 23.8 Å². The minimum absolute atomic E-state index is 0.0120. The summed E-state index contributed by atoms with van der Waals surface area (Å²) in [4.78, 5) is 68.0. The average Bonchev–Trinajstić information content (AvgIpc) is 3.76. The van der Waals surface area contributed by atoms with Crippen molar-refractivity contribution in [1.29, 1.82) is 0 Å². The third-order valence-electron chi connectivity index (χ3n) is 7.63. The lowest BCUT2D eigenvalue weighted by atomic mass is 10.1. The number of anilines is 1. The van der Waals surface area contributed by atoms with Crippen molar-refractivity contribution in [3.63, 3.8) is 0 Å². The summed E-state index contributed by atoms with van der Waals surface area (Å²) in [6.45, 7) is -0.434. The fourth-order valence-electron chi connectivity index (χ4n) is 5.54. The number of Topliss-reactive ketones (excluding diaryl/α,β-unsaturated/α-hetero) is 1. The van der Waals surface area contributed by atoms with Gasteiger partial charge >= 0.3 is 15.6 Å². The van der Waals surface area contributed by atoms with Crippen LogP contribution in [0.3, 0.4) is 0 Å². The largest absolute Gasteiger partial charge is 0.472 e. The standard InChI is InChI=1S/C22H25N9O14P2/c1-7(32)10-11-17(25-4-24-10)30(5-26-11)20-14(34)15-9(43-20)3-41-47(38,39)45-16-13(33)8(2-40-46(36,37)44-15)42-21(16)31-6-27-12-18(31)28-22(23)29-19(12)35/h4-6,8-9,13-16,20-21,33-34H,2-3H2,1H3,(H,36,37)(H,38,39)(H3,23,28,29,35)/t8-,9-,13-,14-,15-,16-,20-,21-/m1/s1. The van der Waals surface area contributed by atoms with E-state index in [1.165, 1.54) is 17.8 Å². The molecule has 3 fully saturated rings. The number of hydrogen-bond donors (Lipinski definition) is 6. The van der Waals surface area contributed by atoms with Crippen LogP contribution in [0.5, 0.6) is 0 Å². The number of aliphatic hydroxyl groups is 2. The van der Waals surface area contributed by atoms with Crippen molar-refractivity contribution in [3.8, 4) is 0 Å². The number of phosphoric ester groups is 2. The fourth-order valence-corrected chi connectivity index (χ4v) is 7.43. The highest BCUT2D eigenvalue weighted by Crippen LogP contribution is 2.53. The fraction of sp³-hybridized carbons (Fsp3) is 0.500. The Bertz CT molecular complexity index is 2040. The summed E-state index contributed by atoms with van der Waals surface area (Å²) in [6.07, 6.45) is -9.59. The summed E-state index contributed by atoms with van der Waals surface area (Å²) < 4.78 is 61.1. The molecule has 7 heterocycles. The van der Waals surface area contributed by atoms with E-state index in [1.807, 2.05) is 0 Å². The summed E-state index contributed by atoms with van der Waals surface area (Å²) in [5, 5.41) is 22.2. The number of ketones is 1. The van der Waals surface area contributed by atoms with Gasteiger partial charge < -0.3 is 35.2 Å². The molecule has 3 aliphatic rings. The van der Waals surface area contributed by atoms with Crippen molar-refractivity contribution in [2.45, 2.75) is 56.0 Å². The van der Waals surface area contributed by atoms with E-state index in [4.69, 9.17) is 33.3 Å². The molecule has 2 unspecified atom stereocenters. The maximum atomic E-state index is 13.2. The predicted octanol–water partition coefficient (Wildman–Crippen LogP) is -1.72. The molecule has 0 aromatic carbocycles. The lowest BCUT2D eigenvalue weighted by molar-refractivity contribution is -0.0672. The van der Waals surface area contributed by atoms with E-state index in [-0.39, 0.29) is 34.0 Å². The van der Waals surface area contributed by atoms with Crippen LogP contribution >= 0.6 is 15.6 Å². The zero-order valence-electron chi connectivity index (χ0n) is 23.7. The zero-order valence-corrected chi connectivity index (χ0v) is 25.5. The zero-order chi connectivity index (χ0) is 33.4. The van der Waals surface area contributed by atoms with Crippen molar-refractivity contribution >= 4 is 49.7 Å². The number of rotatable bonds is 3. The molecule has 2 bridgehead atoms. The van der Waals surface area contributed by atoms with Crippen LogP contribution in [0, 0.1) is 0 Å². The Balaban J connectivity index is 1.20. The minimum Gasteiger partial charge on any atom is -0.387 e. The highest BCUT2D eigenvalue weighted by atomic mass is 31.2. The molecule has 0 saturated carbocycles. The first-order chi connectivity index (χ1) is 22.2. The third-order valence-corrected chi connectivity index (χ3v) is 9.60. The number of H-pyrrole nitrogens is 1. The third kappa shape index (κ3) is 5.69. The molecule has 0 spiro atoms. The number of fused-ring (bicyclic) bond motifs is 5. The lowest BCUT2D eigenvalue weighted by Crippen LogP contribution is -2.36. The number of carbonyl (C=O) groups is 1. The number of phosphoric acid groups is 2. The van der Waals surface area contributed by atoms with E-state index in [0.29, 0.717) is 0 Å². The Morgan fingerprint density at radius 2 is 1.51 bits per heavy atom. The van der Waals surface area contributed by atoms with Crippen molar-refractivity contribution < 1.29 is 61.5 Å². The van der Waals surface area contributed by atoms with Crippen LogP contribution in [-0.4, -0.2) is 115 Å². The van der Waals surface area contributed by atoms with Crippen LogP contribution in [0.4, 0.5) is 5.95 Å². The Morgan fingerprint density at radius 1 is 0.894 bits per heavy atom. The summed E-state index contributed by atoms with van der Waals surface area (Å²) in [5.41, 5.74) is 4.75. The summed E-state index contributed by atoms with van der Waals surface area (Å²) in [5.74, 6) is -0.707. The van der Waals surface area contributed by atoms with E-state index >= 15 is 0 Å². The van der Waals surface area contributed by atoms with Gasteiger partial charge in [-0.2, -0.15) is 4.98 Å². The number of imidazole rings is 2. The Morgan fingerprint density at radius 3 is 2.21 bits per heavy atom. The van der Waals surface area contributed by atoms with E-state index in [0.717, 1.165) is 17.2 Å². The van der Waals surface area contributed by atoms with Crippen LogP contribution < -0.4 is 11.3 Å². The van der Waals surface area contributed by atoms with Gasteiger partial charge in [-0.1, -0.05) is 0 Å². The molecule has 3 saturated heterocycles. The molecule has 0 radical (unpaired) electrons. The number of carbonyl (C=O) groups excluding carboxylic acids is 1. The Labute approximate surface area is 260 Å². The molecule has 47 heavy (non-hydrogen) atoms. The van der Waals surface area contributed by atoms with Gasteiger partial charge in [-0.15, -0.1) is 0 Å². The van der Waals surface area contributed by atoms with E-state index in [1.54, 1.807) is 0 Å². The SMILES string of the molecule is CC(=O)c1ncnc2c1ncn2[C@@H]1O[C@@H]2COP(=O)(O)O[C@@H]3[C@H](O)[C@@H](COP(=O)(O)O[C@H]2[C@H]1O)O[C@H]3n1cnc2c(=O)[nH]c(N)nc21. The van der Waals surface area contributed by atoms with Gasteiger partial charge in [0.1, 0.15) is 54.2 Å². The number of aromatic nitrogens is 8. The highest BCUT2D eigenvalue weighted by molar-refractivity contribution is 7.47. The highest BCUT2D eigenvalue weighted by Gasteiger charge is 2.54. The van der Waals surface area contributed by atoms with Crippen LogP contribution in [0.25, 0.3) is 22.3 Å². The number of aliphatic hydroxyl groups excluding tert-OH is 2. The number of nitrogens with two attached hydrogens (primary N) is 1. The van der Waals surface area contributed by atoms with Gasteiger partial charge in [-0.25, -0.2) is 29.1 Å². The first-order valence-electron chi connectivity index (χ1n) is 13.6. The van der Waals surface area contributed by atoms with Crippen LogP contribution in [0.2, 0.25) is 0 Å². The maximum Gasteiger partial charge on any atom is 0.472 e. The minimum atomic E-state index is -5.15. The monoisotopic (exact) mass is 701 g/mol. The molecule has 7 N–H and O–H groups in total. The van der Waals surface area contributed by atoms with Crippen LogP contribution in [-0.2, 0) is 36.7 Å². The molecule has 25 heteroatoms. The number of nitrogens with one attached hydrogen (secondary N) is 1. The second-order valence-corrected chi connectivity index (χ2v) is 13.5. The second kappa shape index (κ2) is 11.5. The molecule has 4 aromatic heterocycles. The van der Waals surface area contributed by atoms with Crippen molar-refractivity contribution in [2.24, 2.45) is 0 Å². The molecular weight excluding hydrogens is 676 g/mol. The molecule has 10 atom stereocenters. The predicted molar refractivity (Wildman–Crippen MR) is 149 cm³/mol. The molecule has 7 rings (SSSR count). The van der Waals surface area contributed by atoms with Gasteiger partial charge in [0.05, 0.1) is 25.9 Å². The molecule has 4 aromatic rings. The molecule has 252 valence electrons. The quantitative estimate of drug-likeness (QED) is 0.102. The van der Waals surface area contributed by atoms with Crippen molar-refractivity contribution in [3.05, 3.63) is 35.0 Å². The number of hydrogen-bond acceptors (Lipinski definition) is 18. The molecule has 0 aliphatic carbocycles. The van der Waals surface area contributed by atoms with Gasteiger partial charge in [0, 0.05) is 6.92 Å². The number of ether oxygens (including phenoxy) is 2.